The Morgan fingerprint density at radius 2 is 1.92 bits per heavy atom. The second-order valence-electron chi connectivity index (χ2n) is 5.87. The molecule has 0 saturated heterocycles. The molecule has 0 fully saturated rings. The van der Waals surface area contributed by atoms with Gasteiger partial charge in [0.2, 0.25) is 0 Å². The van der Waals surface area contributed by atoms with Gasteiger partial charge in [0, 0.05) is 12.1 Å². The van der Waals surface area contributed by atoms with Gasteiger partial charge in [0.05, 0.1) is 10.2 Å². The third-order valence-electron chi connectivity index (χ3n) is 4.15. The van der Waals surface area contributed by atoms with Gasteiger partial charge >= 0.3 is 0 Å². The van der Waals surface area contributed by atoms with E-state index in [9.17, 15) is 9.18 Å². The summed E-state index contributed by atoms with van der Waals surface area (Å²) in [4.78, 5) is 17.5. The first kappa shape index (κ1) is 16.4. The number of carbonyl (C=O) groups is 1. The van der Waals surface area contributed by atoms with Gasteiger partial charge in [-0.2, -0.15) is 4.99 Å². The Balaban J connectivity index is 1.84. The lowest BCUT2D eigenvalue weighted by molar-refractivity contribution is 0.0998. The van der Waals surface area contributed by atoms with Crippen LogP contribution in [-0.4, -0.2) is 10.5 Å². The number of nitrogens with zero attached hydrogens (tertiary/aromatic N) is 2. The Morgan fingerprint density at radius 3 is 2.73 bits per heavy atom. The number of carbonyl (C=O) groups excluding carboxylic acids is 1. The SMILES string of the molecule is C=CCn1c(=NC(=O)c2ccc3ccccc3c2)sc2cc(F)ccc21. The molecule has 4 aromatic rings. The van der Waals surface area contributed by atoms with Crippen molar-refractivity contribution in [1.82, 2.24) is 4.57 Å². The number of benzene rings is 3. The molecule has 0 bridgehead atoms. The van der Waals surface area contributed by atoms with Crippen molar-refractivity contribution in [1.29, 1.82) is 0 Å². The van der Waals surface area contributed by atoms with Crippen LogP contribution in [0.1, 0.15) is 10.4 Å². The minimum atomic E-state index is -0.319. The van der Waals surface area contributed by atoms with Crippen molar-refractivity contribution in [2.45, 2.75) is 6.54 Å². The molecule has 0 aliphatic rings. The molecule has 0 radical (unpaired) electrons. The maximum absolute atomic E-state index is 13.5. The number of aromatic nitrogens is 1. The summed E-state index contributed by atoms with van der Waals surface area (Å²) < 4.78 is 16.1. The Hall–Kier alpha value is -3.05. The molecule has 0 unspecified atom stereocenters. The zero-order valence-corrected chi connectivity index (χ0v) is 14.7. The number of halogens is 1. The van der Waals surface area contributed by atoms with Gasteiger partial charge in [0.25, 0.3) is 5.91 Å². The standard InChI is InChI=1S/C21H15FN2OS/c1-2-11-24-18-10-9-17(22)13-19(18)26-21(24)23-20(25)16-8-7-14-5-3-4-6-15(14)12-16/h2-10,12-13H,1,11H2. The molecule has 5 heteroatoms. The van der Waals surface area contributed by atoms with Crippen molar-refractivity contribution in [2.75, 3.05) is 0 Å². The predicted octanol–water partition coefficient (Wildman–Crippen LogP) is 4.92. The number of fused-ring (bicyclic) bond motifs is 2. The second kappa shape index (κ2) is 6.69. The molecule has 0 atom stereocenters. The van der Waals surface area contributed by atoms with E-state index >= 15 is 0 Å². The van der Waals surface area contributed by atoms with E-state index in [0.717, 1.165) is 21.0 Å². The van der Waals surface area contributed by atoms with Gasteiger partial charge < -0.3 is 4.57 Å². The van der Waals surface area contributed by atoms with Crippen LogP contribution in [0.2, 0.25) is 0 Å². The third kappa shape index (κ3) is 2.97. The highest BCUT2D eigenvalue weighted by molar-refractivity contribution is 7.16. The fourth-order valence-electron chi connectivity index (χ4n) is 2.91. The van der Waals surface area contributed by atoms with Crippen LogP contribution < -0.4 is 4.80 Å². The number of hydrogen-bond donors (Lipinski definition) is 0. The zero-order chi connectivity index (χ0) is 18.1. The van der Waals surface area contributed by atoms with Crippen LogP contribution >= 0.6 is 11.3 Å². The lowest BCUT2D eigenvalue weighted by atomic mass is 10.1. The van der Waals surface area contributed by atoms with Crippen LogP contribution in [0.4, 0.5) is 4.39 Å². The predicted molar refractivity (Wildman–Crippen MR) is 104 cm³/mol. The molecule has 0 N–H and O–H groups in total. The average Bonchev–Trinajstić information content (AvgIpc) is 2.98. The van der Waals surface area contributed by atoms with Crippen molar-refractivity contribution in [3.63, 3.8) is 0 Å². The molecule has 4 rings (SSSR count). The Labute approximate surface area is 153 Å². The van der Waals surface area contributed by atoms with Gasteiger partial charge in [-0.05, 0) is 41.1 Å². The lowest BCUT2D eigenvalue weighted by Gasteiger charge is -2.02. The van der Waals surface area contributed by atoms with E-state index in [-0.39, 0.29) is 11.7 Å². The number of amides is 1. The topological polar surface area (TPSA) is 34.4 Å². The van der Waals surface area contributed by atoms with Crippen LogP contribution in [0.5, 0.6) is 0 Å². The average molecular weight is 362 g/mol. The van der Waals surface area contributed by atoms with Gasteiger partial charge in [-0.15, -0.1) is 6.58 Å². The Bertz CT molecular complexity index is 1220. The maximum Gasteiger partial charge on any atom is 0.279 e. The first-order chi connectivity index (χ1) is 12.7. The molecular weight excluding hydrogens is 347 g/mol. The minimum Gasteiger partial charge on any atom is -0.312 e. The normalized spacial score (nSPS) is 12.0. The highest BCUT2D eigenvalue weighted by Gasteiger charge is 2.10. The Morgan fingerprint density at radius 1 is 1.12 bits per heavy atom. The number of hydrogen-bond acceptors (Lipinski definition) is 2. The maximum atomic E-state index is 13.5. The summed E-state index contributed by atoms with van der Waals surface area (Å²) in [5, 5.41) is 2.06. The van der Waals surface area contributed by atoms with E-state index in [4.69, 9.17) is 0 Å². The molecule has 0 saturated carbocycles. The number of rotatable bonds is 3. The highest BCUT2D eigenvalue weighted by atomic mass is 32.1. The molecule has 0 spiro atoms. The first-order valence-electron chi connectivity index (χ1n) is 8.13. The second-order valence-corrected chi connectivity index (χ2v) is 6.88. The van der Waals surface area contributed by atoms with Gasteiger partial charge in [0.1, 0.15) is 5.82 Å². The van der Waals surface area contributed by atoms with E-state index < -0.39 is 0 Å². The lowest BCUT2D eigenvalue weighted by Crippen LogP contribution is -2.16. The summed E-state index contributed by atoms with van der Waals surface area (Å²) >= 11 is 1.29. The zero-order valence-electron chi connectivity index (χ0n) is 13.9. The molecule has 1 amide bonds. The molecular formula is C21H15FN2OS. The van der Waals surface area contributed by atoms with E-state index in [1.165, 1.54) is 23.5 Å². The Kier molecular flexibility index (Phi) is 4.22. The van der Waals surface area contributed by atoms with Gasteiger partial charge in [0.15, 0.2) is 4.80 Å². The quantitative estimate of drug-likeness (QED) is 0.476. The molecule has 0 aliphatic carbocycles. The third-order valence-corrected chi connectivity index (χ3v) is 5.19. The smallest absolute Gasteiger partial charge is 0.279 e. The number of allylic oxidation sites excluding steroid dienone is 1. The molecule has 128 valence electrons. The van der Waals surface area contributed by atoms with Crippen LogP contribution in [0, 0.1) is 5.82 Å². The molecule has 1 aromatic heterocycles. The van der Waals surface area contributed by atoms with Gasteiger partial charge in [-0.3, -0.25) is 4.79 Å². The van der Waals surface area contributed by atoms with E-state index in [1.807, 2.05) is 41.0 Å². The van der Waals surface area contributed by atoms with Crippen LogP contribution in [0.25, 0.3) is 21.0 Å². The number of thiazole rings is 1. The highest BCUT2D eigenvalue weighted by Crippen LogP contribution is 2.19. The molecule has 0 aliphatic heterocycles. The van der Waals surface area contributed by atoms with E-state index in [0.29, 0.717) is 16.9 Å². The molecule has 3 aromatic carbocycles. The van der Waals surface area contributed by atoms with Crippen molar-refractivity contribution in [3.8, 4) is 0 Å². The van der Waals surface area contributed by atoms with E-state index in [1.54, 1.807) is 18.2 Å². The fraction of sp³-hybridized carbons (Fsp3) is 0.0476. The van der Waals surface area contributed by atoms with Crippen LogP contribution in [-0.2, 0) is 6.54 Å². The summed E-state index contributed by atoms with van der Waals surface area (Å²) in [6.45, 7) is 4.25. The van der Waals surface area contributed by atoms with Crippen molar-refractivity contribution >= 4 is 38.2 Å². The molecule has 26 heavy (non-hydrogen) atoms. The molecule has 1 heterocycles. The van der Waals surface area contributed by atoms with Gasteiger partial charge in [-0.1, -0.05) is 47.7 Å². The van der Waals surface area contributed by atoms with Crippen molar-refractivity contribution in [2.24, 2.45) is 4.99 Å². The largest absolute Gasteiger partial charge is 0.312 e. The van der Waals surface area contributed by atoms with E-state index in [2.05, 4.69) is 11.6 Å². The van der Waals surface area contributed by atoms with Crippen molar-refractivity contribution < 1.29 is 9.18 Å². The minimum absolute atomic E-state index is 0.308. The summed E-state index contributed by atoms with van der Waals surface area (Å²) in [6, 6.07) is 18.0. The summed E-state index contributed by atoms with van der Waals surface area (Å²) in [5.74, 6) is -0.627. The van der Waals surface area contributed by atoms with Crippen molar-refractivity contribution in [3.05, 3.63) is 89.5 Å². The van der Waals surface area contributed by atoms with Gasteiger partial charge in [-0.25, -0.2) is 4.39 Å². The summed E-state index contributed by atoms with van der Waals surface area (Å²) in [7, 11) is 0. The monoisotopic (exact) mass is 362 g/mol. The van der Waals surface area contributed by atoms with Crippen LogP contribution in [0.3, 0.4) is 0 Å². The molecule has 3 nitrogen and oxygen atoms in total. The van der Waals surface area contributed by atoms with Crippen LogP contribution in [0.15, 0.2) is 78.3 Å². The first-order valence-corrected chi connectivity index (χ1v) is 8.95. The summed E-state index contributed by atoms with van der Waals surface area (Å²) in [5.41, 5.74) is 1.36. The fourth-order valence-corrected chi connectivity index (χ4v) is 3.97. The summed E-state index contributed by atoms with van der Waals surface area (Å²) in [6.07, 6.45) is 1.73.